The molecular formula is C21H25N3O3. The van der Waals surface area contributed by atoms with Gasteiger partial charge in [0.1, 0.15) is 5.75 Å². The number of nitrogens with one attached hydrogen (secondary N) is 1. The number of likely N-dealkylation sites (tertiary alicyclic amines) is 1. The third-order valence-electron chi connectivity index (χ3n) is 4.95. The average molecular weight is 367 g/mol. The molecule has 0 saturated carbocycles. The molecule has 2 heterocycles. The molecule has 0 spiro atoms. The minimum absolute atomic E-state index is 0.00722. The quantitative estimate of drug-likeness (QED) is 0.880. The van der Waals surface area contributed by atoms with Crippen LogP contribution in [-0.2, 0) is 9.59 Å². The van der Waals surface area contributed by atoms with Crippen molar-refractivity contribution in [1.29, 1.82) is 0 Å². The maximum atomic E-state index is 12.3. The average Bonchev–Trinajstić information content (AvgIpc) is 2.69. The molecule has 0 radical (unpaired) electrons. The Bertz CT molecular complexity index is 797. The van der Waals surface area contributed by atoms with E-state index in [0.717, 1.165) is 42.9 Å². The van der Waals surface area contributed by atoms with Crippen molar-refractivity contribution in [1.82, 2.24) is 9.88 Å². The molecule has 1 aliphatic rings. The third kappa shape index (κ3) is 5.06. The van der Waals surface area contributed by atoms with E-state index in [0.29, 0.717) is 18.0 Å². The van der Waals surface area contributed by atoms with E-state index in [1.165, 1.54) is 0 Å². The summed E-state index contributed by atoms with van der Waals surface area (Å²) in [6.45, 7) is 3.07. The SMILES string of the molecule is COc1cccc(-c2ccc(NC(=O)CC3CCN(C(C)=O)CC3)cn2)c1. The van der Waals surface area contributed by atoms with Crippen molar-refractivity contribution in [3.63, 3.8) is 0 Å². The lowest BCUT2D eigenvalue weighted by Gasteiger charge is -2.30. The number of rotatable bonds is 5. The fraction of sp³-hybridized carbons (Fsp3) is 0.381. The maximum absolute atomic E-state index is 12.3. The summed E-state index contributed by atoms with van der Waals surface area (Å²) in [4.78, 5) is 29.9. The first-order valence-corrected chi connectivity index (χ1v) is 9.21. The molecule has 0 aliphatic carbocycles. The van der Waals surface area contributed by atoms with Gasteiger partial charge in [-0.2, -0.15) is 0 Å². The van der Waals surface area contributed by atoms with E-state index < -0.39 is 0 Å². The van der Waals surface area contributed by atoms with Gasteiger partial charge in [0.2, 0.25) is 11.8 Å². The molecule has 1 aromatic carbocycles. The van der Waals surface area contributed by atoms with Crippen LogP contribution >= 0.6 is 0 Å². The fourth-order valence-electron chi connectivity index (χ4n) is 3.35. The molecule has 1 aromatic heterocycles. The van der Waals surface area contributed by atoms with Crippen molar-refractivity contribution < 1.29 is 14.3 Å². The molecule has 1 fully saturated rings. The number of hydrogen-bond acceptors (Lipinski definition) is 4. The van der Waals surface area contributed by atoms with Crippen LogP contribution in [0, 0.1) is 5.92 Å². The normalized spacial score (nSPS) is 14.7. The van der Waals surface area contributed by atoms with E-state index in [-0.39, 0.29) is 11.8 Å². The van der Waals surface area contributed by atoms with Crippen LogP contribution in [0.15, 0.2) is 42.6 Å². The van der Waals surface area contributed by atoms with Gasteiger partial charge < -0.3 is 15.0 Å². The van der Waals surface area contributed by atoms with E-state index in [1.807, 2.05) is 41.3 Å². The van der Waals surface area contributed by atoms with Crippen LogP contribution in [0.4, 0.5) is 5.69 Å². The molecule has 0 atom stereocenters. The Hall–Kier alpha value is -2.89. The lowest BCUT2D eigenvalue weighted by atomic mass is 9.93. The van der Waals surface area contributed by atoms with Gasteiger partial charge >= 0.3 is 0 Å². The molecule has 0 bridgehead atoms. The van der Waals surface area contributed by atoms with Crippen LogP contribution < -0.4 is 10.1 Å². The van der Waals surface area contributed by atoms with Gasteiger partial charge in [0.05, 0.1) is 24.7 Å². The highest BCUT2D eigenvalue weighted by molar-refractivity contribution is 5.90. The van der Waals surface area contributed by atoms with Crippen molar-refractivity contribution in [2.45, 2.75) is 26.2 Å². The Morgan fingerprint density at radius 3 is 2.63 bits per heavy atom. The van der Waals surface area contributed by atoms with E-state index in [4.69, 9.17) is 4.74 Å². The summed E-state index contributed by atoms with van der Waals surface area (Å²) >= 11 is 0. The molecule has 142 valence electrons. The highest BCUT2D eigenvalue weighted by Gasteiger charge is 2.22. The summed E-state index contributed by atoms with van der Waals surface area (Å²) in [5.41, 5.74) is 2.47. The first kappa shape index (κ1) is 18.9. The second kappa shape index (κ2) is 8.66. The predicted octanol–water partition coefficient (Wildman–Crippen LogP) is 3.34. The Kier molecular flexibility index (Phi) is 6.06. The lowest BCUT2D eigenvalue weighted by molar-refractivity contribution is -0.130. The fourth-order valence-corrected chi connectivity index (χ4v) is 3.35. The first-order chi connectivity index (χ1) is 13.0. The zero-order valence-corrected chi connectivity index (χ0v) is 15.8. The lowest BCUT2D eigenvalue weighted by Crippen LogP contribution is -2.37. The number of nitrogens with zero attached hydrogens (tertiary/aromatic N) is 2. The van der Waals surface area contributed by atoms with Crippen LogP contribution in [0.3, 0.4) is 0 Å². The molecule has 0 unspecified atom stereocenters. The molecule has 3 rings (SSSR count). The standard InChI is InChI=1S/C21H25N3O3/c1-15(25)24-10-8-16(9-11-24)12-21(26)23-18-6-7-20(22-14-18)17-4-3-5-19(13-17)27-2/h3-7,13-14,16H,8-12H2,1-2H3,(H,23,26). The highest BCUT2D eigenvalue weighted by atomic mass is 16.5. The Labute approximate surface area is 159 Å². The predicted molar refractivity (Wildman–Crippen MR) is 104 cm³/mol. The molecule has 2 amide bonds. The second-order valence-corrected chi connectivity index (χ2v) is 6.87. The summed E-state index contributed by atoms with van der Waals surface area (Å²) in [6, 6.07) is 11.4. The van der Waals surface area contributed by atoms with Gasteiger partial charge in [-0.3, -0.25) is 14.6 Å². The van der Waals surface area contributed by atoms with E-state index in [2.05, 4.69) is 10.3 Å². The molecule has 6 heteroatoms. The second-order valence-electron chi connectivity index (χ2n) is 6.87. The van der Waals surface area contributed by atoms with Crippen LogP contribution in [0.5, 0.6) is 5.75 Å². The number of benzene rings is 1. The summed E-state index contributed by atoms with van der Waals surface area (Å²) in [6.07, 6.45) is 3.90. The molecule has 1 saturated heterocycles. The van der Waals surface area contributed by atoms with Gasteiger partial charge in [0.25, 0.3) is 0 Å². The number of aromatic nitrogens is 1. The van der Waals surface area contributed by atoms with Gasteiger partial charge in [0.15, 0.2) is 0 Å². The number of amides is 2. The molecule has 27 heavy (non-hydrogen) atoms. The Morgan fingerprint density at radius 2 is 2.00 bits per heavy atom. The van der Waals surface area contributed by atoms with Crippen molar-refractivity contribution in [2.24, 2.45) is 5.92 Å². The van der Waals surface area contributed by atoms with Crippen molar-refractivity contribution in [3.8, 4) is 17.0 Å². The van der Waals surface area contributed by atoms with E-state index in [9.17, 15) is 9.59 Å². The maximum Gasteiger partial charge on any atom is 0.224 e. The number of piperidine rings is 1. The number of carbonyl (C=O) groups is 2. The van der Waals surface area contributed by atoms with E-state index in [1.54, 1.807) is 20.2 Å². The summed E-state index contributed by atoms with van der Waals surface area (Å²) < 4.78 is 5.24. The summed E-state index contributed by atoms with van der Waals surface area (Å²) in [7, 11) is 1.63. The smallest absolute Gasteiger partial charge is 0.224 e. The highest BCUT2D eigenvalue weighted by Crippen LogP contribution is 2.24. The Balaban J connectivity index is 1.53. The van der Waals surface area contributed by atoms with E-state index >= 15 is 0 Å². The minimum atomic E-state index is -0.00722. The van der Waals surface area contributed by atoms with Gasteiger partial charge in [0, 0.05) is 32.0 Å². The van der Waals surface area contributed by atoms with Crippen LogP contribution in [0.25, 0.3) is 11.3 Å². The molecule has 2 aromatic rings. The van der Waals surface area contributed by atoms with Gasteiger partial charge in [-0.1, -0.05) is 12.1 Å². The molecule has 1 N–H and O–H groups in total. The largest absolute Gasteiger partial charge is 0.497 e. The van der Waals surface area contributed by atoms with Crippen LogP contribution in [0.2, 0.25) is 0 Å². The number of ether oxygens (including phenoxy) is 1. The van der Waals surface area contributed by atoms with Crippen molar-refractivity contribution >= 4 is 17.5 Å². The van der Waals surface area contributed by atoms with Gasteiger partial charge in [-0.05, 0) is 43.0 Å². The zero-order valence-electron chi connectivity index (χ0n) is 15.8. The molecule has 6 nitrogen and oxygen atoms in total. The number of anilines is 1. The molecule has 1 aliphatic heterocycles. The van der Waals surface area contributed by atoms with Gasteiger partial charge in [-0.15, -0.1) is 0 Å². The number of hydrogen-bond donors (Lipinski definition) is 1. The number of pyridine rings is 1. The number of methoxy groups -OCH3 is 1. The summed E-state index contributed by atoms with van der Waals surface area (Å²) in [5, 5.41) is 2.92. The third-order valence-corrected chi connectivity index (χ3v) is 4.95. The first-order valence-electron chi connectivity index (χ1n) is 9.21. The monoisotopic (exact) mass is 367 g/mol. The zero-order chi connectivity index (χ0) is 19.2. The van der Waals surface area contributed by atoms with Crippen LogP contribution in [-0.4, -0.2) is 41.9 Å². The summed E-state index contributed by atoms with van der Waals surface area (Å²) in [5.74, 6) is 1.21. The number of carbonyl (C=O) groups excluding carboxylic acids is 2. The minimum Gasteiger partial charge on any atom is -0.497 e. The van der Waals surface area contributed by atoms with Crippen molar-refractivity contribution in [3.05, 3.63) is 42.6 Å². The topological polar surface area (TPSA) is 71.5 Å². The van der Waals surface area contributed by atoms with Crippen LogP contribution in [0.1, 0.15) is 26.2 Å². The Morgan fingerprint density at radius 1 is 1.22 bits per heavy atom. The van der Waals surface area contributed by atoms with Crippen molar-refractivity contribution in [2.75, 3.05) is 25.5 Å². The van der Waals surface area contributed by atoms with Gasteiger partial charge in [-0.25, -0.2) is 0 Å². The molecular weight excluding hydrogens is 342 g/mol.